The van der Waals surface area contributed by atoms with Crippen LogP contribution in [0.25, 0.3) is 0 Å². The molecule has 0 spiro atoms. The van der Waals surface area contributed by atoms with E-state index in [1.165, 1.54) is 199 Å². The number of esters is 4. The van der Waals surface area contributed by atoms with Gasteiger partial charge in [-0.3, -0.25) is 37.3 Å². The van der Waals surface area contributed by atoms with Crippen LogP contribution in [0.15, 0.2) is 0 Å². The van der Waals surface area contributed by atoms with Crippen LogP contribution in [0.3, 0.4) is 0 Å². The van der Waals surface area contributed by atoms with Crippen molar-refractivity contribution in [1.82, 2.24) is 0 Å². The third-order valence-electron chi connectivity index (χ3n) is 18.1. The van der Waals surface area contributed by atoms with Crippen LogP contribution in [-0.2, 0) is 65.4 Å². The highest BCUT2D eigenvalue weighted by Crippen LogP contribution is 2.45. The molecule has 0 aromatic carbocycles. The van der Waals surface area contributed by atoms with Gasteiger partial charge in [0.25, 0.3) is 0 Å². The first-order valence-electron chi connectivity index (χ1n) is 39.5. The summed E-state index contributed by atoms with van der Waals surface area (Å²) in [5.74, 6) is -0.583. The van der Waals surface area contributed by atoms with Gasteiger partial charge in [-0.2, -0.15) is 0 Å². The lowest BCUT2D eigenvalue weighted by Gasteiger charge is -2.21. The molecular weight excluding hydrogens is 1250 g/mol. The number of aliphatic hydroxyl groups is 1. The SMILES string of the molecule is CCCCCCCCCCCCCCCCCCCCCCCCC(=O)O[C@H](COC(=O)CCCCCCCCCCCCCC(C)C)COP(=O)(O)OC[C@@H](O)COP(=O)(O)OC[C@@H](COC(=O)CCCCCCCCC)OC(=O)CCCCCCCCCCC(C)CC. The number of ether oxygens (including phenoxy) is 4. The fourth-order valence-electron chi connectivity index (χ4n) is 11.6. The highest BCUT2D eigenvalue weighted by Gasteiger charge is 2.30. The lowest BCUT2D eigenvalue weighted by atomic mass is 9.99. The second-order valence-electron chi connectivity index (χ2n) is 28.1. The van der Waals surface area contributed by atoms with E-state index in [4.69, 9.17) is 37.0 Å². The van der Waals surface area contributed by atoms with Gasteiger partial charge >= 0.3 is 39.5 Å². The van der Waals surface area contributed by atoms with E-state index in [0.717, 1.165) is 115 Å². The van der Waals surface area contributed by atoms with E-state index in [0.29, 0.717) is 25.7 Å². The van der Waals surface area contributed by atoms with Crippen molar-refractivity contribution < 1.29 is 80.2 Å². The van der Waals surface area contributed by atoms with Gasteiger partial charge in [-0.15, -0.1) is 0 Å². The summed E-state index contributed by atoms with van der Waals surface area (Å²) >= 11 is 0. The molecule has 0 aliphatic heterocycles. The summed E-state index contributed by atoms with van der Waals surface area (Å²) in [6.45, 7) is 9.54. The molecule has 95 heavy (non-hydrogen) atoms. The minimum absolute atomic E-state index is 0.105. The van der Waals surface area contributed by atoms with Gasteiger partial charge in [0.1, 0.15) is 19.3 Å². The van der Waals surface area contributed by atoms with Crippen molar-refractivity contribution in [1.29, 1.82) is 0 Å². The van der Waals surface area contributed by atoms with Crippen molar-refractivity contribution in [3.63, 3.8) is 0 Å². The van der Waals surface area contributed by atoms with Gasteiger partial charge in [-0.05, 0) is 37.5 Å². The minimum Gasteiger partial charge on any atom is -0.462 e. The third kappa shape index (κ3) is 69.0. The lowest BCUT2D eigenvalue weighted by molar-refractivity contribution is -0.161. The van der Waals surface area contributed by atoms with Gasteiger partial charge in [-0.1, -0.05) is 343 Å². The number of aliphatic hydroxyl groups excluding tert-OH is 1. The number of unbranched alkanes of at least 4 members (excludes halogenated alkanes) is 44. The molecule has 0 heterocycles. The van der Waals surface area contributed by atoms with Crippen LogP contribution in [-0.4, -0.2) is 96.7 Å². The second-order valence-corrected chi connectivity index (χ2v) is 31.0. The smallest absolute Gasteiger partial charge is 0.462 e. The zero-order chi connectivity index (χ0) is 70.0. The van der Waals surface area contributed by atoms with E-state index in [1.54, 1.807) is 0 Å². The van der Waals surface area contributed by atoms with Crippen molar-refractivity contribution >= 4 is 39.5 Å². The van der Waals surface area contributed by atoms with Gasteiger partial charge in [0, 0.05) is 25.7 Å². The molecule has 19 heteroatoms. The Morgan fingerprint density at radius 1 is 0.305 bits per heavy atom. The zero-order valence-electron chi connectivity index (χ0n) is 62.0. The van der Waals surface area contributed by atoms with Gasteiger partial charge < -0.3 is 33.8 Å². The molecular formula is C76H148O17P2. The highest BCUT2D eigenvalue weighted by molar-refractivity contribution is 7.47. The van der Waals surface area contributed by atoms with E-state index in [2.05, 4.69) is 41.5 Å². The van der Waals surface area contributed by atoms with Gasteiger partial charge in [-0.25, -0.2) is 9.13 Å². The zero-order valence-corrected chi connectivity index (χ0v) is 63.8. The Balaban J connectivity index is 5.15. The number of carbonyl (C=O) groups excluding carboxylic acids is 4. The summed E-state index contributed by atoms with van der Waals surface area (Å²) in [5.41, 5.74) is 0. The topological polar surface area (TPSA) is 237 Å². The third-order valence-corrected chi connectivity index (χ3v) is 20.0. The first-order valence-corrected chi connectivity index (χ1v) is 42.5. The van der Waals surface area contributed by atoms with E-state index in [9.17, 15) is 43.2 Å². The maximum absolute atomic E-state index is 13.1. The summed E-state index contributed by atoms with van der Waals surface area (Å²) in [5, 5.41) is 10.6. The summed E-state index contributed by atoms with van der Waals surface area (Å²) in [6.07, 6.45) is 55.8. The molecule has 0 saturated carbocycles. The molecule has 0 radical (unpaired) electrons. The van der Waals surface area contributed by atoms with Gasteiger partial charge in [0.05, 0.1) is 26.4 Å². The van der Waals surface area contributed by atoms with Crippen LogP contribution >= 0.6 is 15.6 Å². The van der Waals surface area contributed by atoms with Crippen LogP contribution in [0.1, 0.15) is 395 Å². The monoisotopic (exact) mass is 1400 g/mol. The summed E-state index contributed by atoms with van der Waals surface area (Å²) in [4.78, 5) is 72.6. The maximum atomic E-state index is 13.1. The normalized spacial score (nSPS) is 14.3. The van der Waals surface area contributed by atoms with Crippen molar-refractivity contribution in [3.05, 3.63) is 0 Å². The quantitative estimate of drug-likeness (QED) is 0.0222. The number of hydrogen-bond acceptors (Lipinski definition) is 15. The molecule has 0 aliphatic carbocycles. The number of phosphoric ester groups is 2. The molecule has 0 rings (SSSR count). The Bertz CT molecular complexity index is 1840. The van der Waals surface area contributed by atoms with E-state index < -0.39 is 97.5 Å². The largest absolute Gasteiger partial charge is 0.472 e. The first-order chi connectivity index (χ1) is 45.9. The van der Waals surface area contributed by atoms with Gasteiger partial charge in [0.15, 0.2) is 12.2 Å². The maximum Gasteiger partial charge on any atom is 0.472 e. The molecule has 0 bridgehead atoms. The van der Waals surface area contributed by atoms with Crippen LogP contribution in [0, 0.1) is 11.8 Å². The molecule has 0 aromatic heterocycles. The van der Waals surface area contributed by atoms with E-state index >= 15 is 0 Å². The number of rotatable bonds is 75. The molecule has 0 saturated heterocycles. The molecule has 564 valence electrons. The van der Waals surface area contributed by atoms with Gasteiger partial charge in [0.2, 0.25) is 0 Å². The van der Waals surface area contributed by atoms with Crippen LogP contribution in [0.4, 0.5) is 0 Å². The van der Waals surface area contributed by atoms with Crippen molar-refractivity contribution in [2.45, 2.75) is 413 Å². The molecule has 0 aliphatic rings. The Labute approximate surface area is 581 Å². The molecule has 3 unspecified atom stereocenters. The predicted octanol–water partition coefficient (Wildman–Crippen LogP) is 22.3. The fourth-order valence-corrected chi connectivity index (χ4v) is 13.2. The standard InChI is InChI=1S/C76H148O17P2/c1-7-10-12-14-16-17-18-19-20-21-22-23-24-25-26-27-28-31-35-42-48-54-60-75(80)92-72(65-87-74(79)59-53-47-41-34-32-29-30-33-39-44-50-56-68(4)5)67-91-95(84,85)89-63-70(77)62-88-94(82,83)90-66-71(64-86-73(78)58-52-46-38-15-13-11-8-2)93-76(81)61-55-49-43-37-36-40-45-51-57-69(6)9-3/h68-72,77H,7-67H2,1-6H3,(H,82,83)(H,84,85)/t69?,70-,71+,72+/m0/s1. The number of phosphoric acid groups is 2. The Morgan fingerprint density at radius 3 is 0.800 bits per heavy atom. The summed E-state index contributed by atoms with van der Waals surface area (Å²) < 4.78 is 68.4. The second kappa shape index (κ2) is 67.9. The van der Waals surface area contributed by atoms with Crippen molar-refractivity contribution in [2.75, 3.05) is 39.6 Å². The fraction of sp³-hybridized carbons (Fsp3) is 0.947. The number of hydrogen-bond donors (Lipinski definition) is 3. The molecule has 6 atom stereocenters. The average molecular weight is 1400 g/mol. The Morgan fingerprint density at radius 2 is 0.537 bits per heavy atom. The van der Waals surface area contributed by atoms with E-state index in [-0.39, 0.29) is 25.7 Å². The molecule has 3 N–H and O–H groups in total. The first kappa shape index (κ1) is 93.1. The van der Waals surface area contributed by atoms with Crippen LogP contribution in [0.2, 0.25) is 0 Å². The molecule has 0 amide bonds. The minimum atomic E-state index is -4.96. The highest BCUT2D eigenvalue weighted by atomic mass is 31.2. The van der Waals surface area contributed by atoms with Crippen molar-refractivity contribution in [3.8, 4) is 0 Å². The Kier molecular flexibility index (Phi) is 66.5. The predicted molar refractivity (Wildman–Crippen MR) is 386 cm³/mol. The van der Waals surface area contributed by atoms with Crippen molar-refractivity contribution in [2.24, 2.45) is 11.8 Å². The van der Waals surface area contributed by atoms with Crippen LogP contribution in [0.5, 0.6) is 0 Å². The lowest BCUT2D eigenvalue weighted by Crippen LogP contribution is -2.30. The Hall–Kier alpha value is -1.94. The van der Waals surface area contributed by atoms with Crippen LogP contribution < -0.4 is 0 Å². The summed E-state index contributed by atoms with van der Waals surface area (Å²) in [7, 11) is -9.90. The molecule has 17 nitrogen and oxygen atoms in total. The molecule has 0 aromatic rings. The molecule has 0 fully saturated rings. The average Bonchev–Trinajstić information content (AvgIpc) is 3.57. The summed E-state index contributed by atoms with van der Waals surface area (Å²) in [6, 6.07) is 0. The number of carbonyl (C=O) groups is 4. The van der Waals surface area contributed by atoms with E-state index in [1.807, 2.05) is 0 Å².